The summed E-state index contributed by atoms with van der Waals surface area (Å²) >= 11 is 0. The maximum Gasteiger partial charge on any atom is 0.410 e. The van der Waals surface area contributed by atoms with E-state index in [4.69, 9.17) is 10.5 Å². The van der Waals surface area contributed by atoms with Crippen LogP contribution in [0.1, 0.15) is 26.7 Å². The van der Waals surface area contributed by atoms with E-state index in [0.29, 0.717) is 13.2 Å². The Hall–Kier alpha value is -0.770. The van der Waals surface area contributed by atoms with Crippen LogP contribution in [0.25, 0.3) is 0 Å². The van der Waals surface area contributed by atoms with E-state index in [0.717, 1.165) is 12.8 Å². The molecule has 76 valence electrons. The number of cyclic esters (lactones) is 1. The quantitative estimate of drug-likeness (QED) is 0.714. The first-order valence-corrected chi connectivity index (χ1v) is 4.82. The zero-order valence-corrected chi connectivity index (χ0v) is 8.32. The number of amides is 1. The topological polar surface area (TPSA) is 55.6 Å². The summed E-state index contributed by atoms with van der Waals surface area (Å²) in [5.41, 5.74) is 5.49. The van der Waals surface area contributed by atoms with Crippen molar-refractivity contribution >= 4 is 6.09 Å². The number of ether oxygens (including phenoxy) is 1. The molecule has 0 saturated carbocycles. The molecule has 0 bridgehead atoms. The van der Waals surface area contributed by atoms with E-state index in [9.17, 15) is 4.79 Å². The van der Waals surface area contributed by atoms with Crippen molar-refractivity contribution < 1.29 is 9.53 Å². The van der Waals surface area contributed by atoms with Crippen LogP contribution in [0.2, 0.25) is 0 Å². The van der Waals surface area contributed by atoms with Crippen molar-refractivity contribution in [2.75, 3.05) is 13.2 Å². The lowest BCUT2D eigenvalue weighted by Gasteiger charge is -2.37. The number of hydrogen-bond donors (Lipinski definition) is 1. The van der Waals surface area contributed by atoms with E-state index in [-0.39, 0.29) is 18.2 Å². The van der Waals surface area contributed by atoms with Gasteiger partial charge < -0.3 is 15.4 Å². The van der Waals surface area contributed by atoms with Crippen LogP contribution in [-0.2, 0) is 4.74 Å². The molecule has 4 nitrogen and oxygen atoms in total. The van der Waals surface area contributed by atoms with Gasteiger partial charge in [-0.15, -0.1) is 0 Å². The third kappa shape index (κ3) is 2.34. The third-order valence-electron chi connectivity index (χ3n) is 2.34. The monoisotopic (exact) mass is 186 g/mol. The number of rotatable bonds is 3. The van der Waals surface area contributed by atoms with Crippen molar-refractivity contribution in [2.45, 2.75) is 38.8 Å². The fourth-order valence-electron chi connectivity index (χ4n) is 1.75. The molecule has 0 aromatic rings. The molecular weight excluding hydrogens is 168 g/mol. The summed E-state index contributed by atoms with van der Waals surface area (Å²) in [6.07, 6.45) is 1.58. The number of hydrogen-bond acceptors (Lipinski definition) is 3. The summed E-state index contributed by atoms with van der Waals surface area (Å²) in [6, 6.07) is 0.468. The van der Waals surface area contributed by atoms with Gasteiger partial charge in [-0.1, -0.05) is 0 Å². The molecule has 1 fully saturated rings. The molecule has 0 radical (unpaired) electrons. The van der Waals surface area contributed by atoms with E-state index in [2.05, 4.69) is 0 Å². The lowest BCUT2D eigenvalue weighted by atomic mass is 10.1. The highest BCUT2D eigenvalue weighted by molar-refractivity contribution is 5.69. The Kier molecular flexibility index (Phi) is 3.54. The smallest absolute Gasteiger partial charge is 0.410 e. The number of nitrogens with two attached hydrogens (primary N) is 1. The van der Waals surface area contributed by atoms with Gasteiger partial charge in [-0.2, -0.15) is 0 Å². The first kappa shape index (κ1) is 10.3. The van der Waals surface area contributed by atoms with Crippen LogP contribution in [0.15, 0.2) is 0 Å². The van der Waals surface area contributed by atoms with Gasteiger partial charge in [0.1, 0.15) is 0 Å². The molecular formula is C9H18N2O2. The predicted octanol–water partition coefficient (Wildman–Crippen LogP) is 0.954. The van der Waals surface area contributed by atoms with Crippen molar-refractivity contribution in [3.05, 3.63) is 0 Å². The Labute approximate surface area is 79.0 Å². The molecule has 2 N–H and O–H groups in total. The van der Waals surface area contributed by atoms with Crippen molar-refractivity contribution in [2.24, 2.45) is 5.73 Å². The van der Waals surface area contributed by atoms with Gasteiger partial charge in [-0.05, 0) is 26.8 Å². The maximum atomic E-state index is 11.4. The molecule has 1 saturated heterocycles. The van der Waals surface area contributed by atoms with Crippen molar-refractivity contribution in [1.82, 2.24) is 4.90 Å². The summed E-state index contributed by atoms with van der Waals surface area (Å²) in [4.78, 5) is 13.2. The normalized spacial score (nSPS) is 23.5. The highest BCUT2D eigenvalue weighted by atomic mass is 16.6. The van der Waals surface area contributed by atoms with Crippen LogP contribution in [0.5, 0.6) is 0 Å². The fourth-order valence-corrected chi connectivity index (χ4v) is 1.75. The van der Waals surface area contributed by atoms with Crippen LogP contribution in [-0.4, -0.2) is 36.2 Å². The molecule has 1 unspecified atom stereocenters. The van der Waals surface area contributed by atoms with Crippen LogP contribution in [0.4, 0.5) is 4.79 Å². The van der Waals surface area contributed by atoms with Crippen LogP contribution in [0, 0.1) is 0 Å². The second-order valence-corrected chi connectivity index (χ2v) is 3.64. The lowest BCUT2D eigenvalue weighted by molar-refractivity contribution is 0.0289. The average Bonchev–Trinajstić information content (AvgIpc) is 2.04. The van der Waals surface area contributed by atoms with E-state index in [1.807, 2.05) is 13.8 Å². The van der Waals surface area contributed by atoms with Gasteiger partial charge in [0.05, 0.1) is 6.61 Å². The molecule has 13 heavy (non-hydrogen) atoms. The van der Waals surface area contributed by atoms with E-state index >= 15 is 0 Å². The van der Waals surface area contributed by atoms with Crippen molar-refractivity contribution in [3.8, 4) is 0 Å². The molecule has 0 aromatic heterocycles. The summed E-state index contributed by atoms with van der Waals surface area (Å²) in [5, 5.41) is 0. The minimum atomic E-state index is -0.195. The second-order valence-electron chi connectivity index (χ2n) is 3.64. The lowest BCUT2D eigenvalue weighted by Crippen LogP contribution is -2.49. The van der Waals surface area contributed by atoms with E-state index < -0.39 is 0 Å². The minimum absolute atomic E-state index is 0.195. The van der Waals surface area contributed by atoms with Crippen molar-refractivity contribution in [1.29, 1.82) is 0 Å². The largest absolute Gasteiger partial charge is 0.449 e. The highest BCUT2D eigenvalue weighted by Crippen LogP contribution is 2.18. The molecule has 0 aromatic carbocycles. The molecule has 4 heteroatoms. The molecule has 0 spiro atoms. The van der Waals surface area contributed by atoms with Gasteiger partial charge in [0.15, 0.2) is 0 Å². The molecule has 0 aliphatic carbocycles. The Morgan fingerprint density at radius 1 is 1.69 bits per heavy atom. The first-order chi connectivity index (χ1) is 6.16. The Morgan fingerprint density at radius 3 is 2.92 bits per heavy atom. The zero-order valence-electron chi connectivity index (χ0n) is 8.32. The van der Waals surface area contributed by atoms with Crippen LogP contribution < -0.4 is 5.73 Å². The minimum Gasteiger partial charge on any atom is -0.449 e. The summed E-state index contributed by atoms with van der Waals surface area (Å²) in [6.45, 7) is 5.15. The highest BCUT2D eigenvalue weighted by Gasteiger charge is 2.30. The van der Waals surface area contributed by atoms with Crippen molar-refractivity contribution in [3.63, 3.8) is 0 Å². The van der Waals surface area contributed by atoms with Crippen LogP contribution in [0.3, 0.4) is 0 Å². The van der Waals surface area contributed by atoms with Gasteiger partial charge in [-0.25, -0.2) is 4.79 Å². The molecule has 1 heterocycles. The molecule has 1 atom stereocenters. The van der Waals surface area contributed by atoms with Crippen LogP contribution >= 0.6 is 0 Å². The van der Waals surface area contributed by atoms with Gasteiger partial charge in [-0.3, -0.25) is 0 Å². The SMILES string of the molecule is CC(C)N1C(=O)OCCC1CCN. The molecule has 1 aliphatic rings. The standard InChI is InChI=1S/C9H18N2O2/c1-7(2)11-8(3-5-10)4-6-13-9(11)12/h7-8H,3-6,10H2,1-2H3. The van der Waals surface area contributed by atoms with E-state index in [1.54, 1.807) is 4.90 Å². The Bertz CT molecular complexity index is 180. The number of carbonyl (C=O) groups excluding carboxylic acids is 1. The van der Waals surface area contributed by atoms with E-state index in [1.165, 1.54) is 0 Å². The fraction of sp³-hybridized carbons (Fsp3) is 0.889. The maximum absolute atomic E-state index is 11.4. The van der Waals surface area contributed by atoms with Gasteiger partial charge >= 0.3 is 6.09 Å². The van der Waals surface area contributed by atoms with Gasteiger partial charge in [0.2, 0.25) is 0 Å². The number of carbonyl (C=O) groups is 1. The van der Waals surface area contributed by atoms with Gasteiger partial charge in [0, 0.05) is 18.5 Å². The predicted molar refractivity (Wildman–Crippen MR) is 50.4 cm³/mol. The summed E-state index contributed by atoms with van der Waals surface area (Å²) < 4.78 is 4.97. The number of nitrogens with zero attached hydrogens (tertiary/aromatic N) is 1. The Morgan fingerprint density at radius 2 is 2.38 bits per heavy atom. The average molecular weight is 186 g/mol. The molecule has 1 rings (SSSR count). The zero-order chi connectivity index (χ0) is 9.84. The van der Waals surface area contributed by atoms with Gasteiger partial charge in [0.25, 0.3) is 0 Å². The summed E-state index contributed by atoms with van der Waals surface area (Å²) in [7, 11) is 0. The Balaban J connectivity index is 2.62. The third-order valence-corrected chi connectivity index (χ3v) is 2.34. The summed E-state index contributed by atoms with van der Waals surface area (Å²) in [5.74, 6) is 0. The molecule has 1 amide bonds. The second kappa shape index (κ2) is 4.46. The molecule has 1 aliphatic heterocycles. The first-order valence-electron chi connectivity index (χ1n) is 4.82.